The predicted molar refractivity (Wildman–Crippen MR) is 145 cm³/mol. The van der Waals surface area contributed by atoms with Crippen LogP contribution < -0.4 is 4.90 Å². The summed E-state index contributed by atoms with van der Waals surface area (Å²) in [5.41, 5.74) is 2.52. The van der Waals surface area contributed by atoms with Crippen molar-refractivity contribution in [2.75, 3.05) is 11.5 Å². The molecule has 2 fully saturated rings. The van der Waals surface area contributed by atoms with Crippen LogP contribution in [0.2, 0.25) is 0 Å². The van der Waals surface area contributed by atoms with E-state index in [0.717, 1.165) is 5.56 Å². The minimum absolute atomic E-state index is 0.0831. The van der Waals surface area contributed by atoms with Crippen molar-refractivity contribution in [1.82, 2.24) is 0 Å². The van der Waals surface area contributed by atoms with E-state index in [2.05, 4.69) is 0 Å². The first-order valence-electron chi connectivity index (χ1n) is 13.6. The van der Waals surface area contributed by atoms with Crippen LogP contribution in [0, 0.1) is 17.6 Å². The molecule has 0 aromatic heterocycles. The van der Waals surface area contributed by atoms with E-state index in [1.165, 1.54) is 47.4 Å². The molecule has 5 N–H and O–H groups in total. The molecule has 2 heterocycles. The van der Waals surface area contributed by atoms with E-state index in [9.17, 15) is 39.1 Å². The van der Waals surface area contributed by atoms with Crippen LogP contribution in [-0.4, -0.2) is 68.6 Å². The second-order valence-electron chi connectivity index (χ2n) is 10.7. The molecule has 2 aliphatic heterocycles. The first-order valence-corrected chi connectivity index (χ1v) is 13.6. The second kappa shape index (κ2) is 12.2. The van der Waals surface area contributed by atoms with Crippen molar-refractivity contribution in [2.45, 2.75) is 62.2 Å². The van der Waals surface area contributed by atoms with Crippen LogP contribution in [0.15, 0.2) is 66.7 Å². The average molecular weight is 570 g/mol. The van der Waals surface area contributed by atoms with Gasteiger partial charge in [0.25, 0.3) is 0 Å². The lowest BCUT2D eigenvalue weighted by atomic mass is 9.78. The zero-order valence-electron chi connectivity index (χ0n) is 22.2. The van der Waals surface area contributed by atoms with Crippen LogP contribution in [0.5, 0.6) is 5.75 Å². The molecular formula is C31H33F2NO7. The van der Waals surface area contributed by atoms with Crippen molar-refractivity contribution in [2.24, 2.45) is 5.92 Å². The third-order valence-electron chi connectivity index (χ3n) is 8.05. The normalized spacial score (nSPS) is 28.0. The van der Waals surface area contributed by atoms with E-state index in [4.69, 9.17) is 4.74 Å². The average Bonchev–Trinajstić information content (AvgIpc) is 2.96. The number of carbonyl (C=O) groups is 1. The van der Waals surface area contributed by atoms with Gasteiger partial charge >= 0.3 is 0 Å². The lowest BCUT2D eigenvalue weighted by Gasteiger charge is -2.48. The van der Waals surface area contributed by atoms with Crippen LogP contribution >= 0.6 is 0 Å². The first-order chi connectivity index (χ1) is 19.7. The molecule has 3 aromatic carbocycles. The van der Waals surface area contributed by atoms with Gasteiger partial charge in [0.15, 0.2) is 0 Å². The van der Waals surface area contributed by atoms with Gasteiger partial charge in [-0.15, -0.1) is 0 Å². The quantitative estimate of drug-likeness (QED) is 0.251. The van der Waals surface area contributed by atoms with Gasteiger partial charge in [0.1, 0.15) is 41.8 Å². The molecule has 10 heteroatoms. The summed E-state index contributed by atoms with van der Waals surface area (Å²) in [6.07, 6.45) is -4.42. The SMILES string of the molecule is O=C1[C@H](CCCc2ccc(F)cc2)[C@@H](c2ccc(C[C@@H]3OC(CO)[C@H](O)[C@H](O)C3O)cc2O)N1c1ccc(F)cc1. The van der Waals surface area contributed by atoms with Crippen LogP contribution in [0.4, 0.5) is 14.5 Å². The Kier molecular flexibility index (Phi) is 8.67. The largest absolute Gasteiger partial charge is 0.508 e. The van der Waals surface area contributed by atoms with E-state index in [1.54, 1.807) is 24.3 Å². The molecule has 2 saturated heterocycles. The third-order valence-corrected chi connectivity index (χ3v) is 8.05. The van der Waals surface area contributed by atoms with Crippen molar-refractivity contribution < 1.29 is 43.8 Å². The molecule has 8 nitrogen and oxygen atoms in total. The van der Waals surface area contributed by atoms with Crippen LogP contribution in [0.3, 0.4) is 0 Å². The monoisotopic (exact) mass is 569 g/mol. The summed E-state index contributed by atoms with van der Waals surface area (Å²) in [5.74, 6) is -1.42. The molecule has 2 unspecified atom stereocenters. The highest BCUT2D eigenvalue weighted by molar-refractivity contribution is 6.03. The Hall–Kier alpha value is -3.41. The summed E-state index contributed by atoms with van der Waals surface area (Å²) in [4.78, 5) is 14.8. The summed E-state index contributed by atoms with van der Waals surface area (Å²) in [6, 6.07) is 16.2. The highest BCUT2D eigenvalue weighted by atomic mass is 19.1. The number of hydrogen-bond donors (Lipinski definition) is 5. The number of anilines is 1. The van der Waals surface area contributed by atoms with Crippen LogP contribution in [0.1, 0.15) is 35.6 Å². The number of aliphatic hydroxyl groups excluding tert-OH is 4. The molecule has 7 atom stereocenters. The van der Waals surface area contributed by atoms with Crippen LogP contribution in [0.25, 0.3) is 0 Å². The van der Waals surface area contributed by atoms with Crippen molar-refractivity contribution in [1.29, 1.82) is 0 Å². The Morgan fingerprint density at radius 1 is 0.805 bits per heavy atom. The van der Waals surface area contributed by atoms with Gasteiger partial charge in [0.2, 0.25) is 5.91 Å². The van der Waals surface area contributed by atoms with Crippen molar-refractivity contribution in [3.63, 3.8) is 0 Å². The Bertz CT molecular complexity index is 1350. The summed E-state index contributed by atoms with van der Waals surface area (Å²) >= 11 is 0. The van der Waals surface area contributed by atoms with Gasteiger partial charge in [-0.3, -0.25) is 4.79 Å². The maximum absolute atomic E-state index is 13.6. The van der Waals surface area contributed by atoms with E-state index in [-0.39, 0.29) is 23.9 Å². The Morgan fingerprint density at radius 3 is 2.05 bits per heavy atom. The number of ether oxygens (including phenoxy) is 1. The van der Waals surface area contributed by atoms with Gasteiger partial charge in [0.05, 0.1) is 24.7 Å². The number of aromatic hydroxyl groups is 1. The second-order valence-corrected chi connectivity index (χ2v) is 10.7. The number of nitrogens with zero attached hydrogens (tertiary/aromatic N) is 1. The fourth-order valence-electron chi connectivity index (χ4n) is 5.80. The number of carbonyl (C=O) groups excluding carboxylic acids is 1. The molecule has 0 aliphatic carbocycles. The highest BCUT2D eigenvalue weighted by Gasteiger charge is 2.49. The number of phenols is 1. The fraction of sp³-hybridized carbons (Fsp3) is 0.387. The molecule has 5 rings (SSSR count). The van der Waals surface area contributed by atoms with Gasteiger partial charge < -0.3 is 35.2 Å². The topological polar surface area (TPSA) is 131 Å². The third kappa shape index (κ3) is 5.98. The summed E-state index contributed by atoms with van der Waals surface area (Å²) in [6.45, 7) is -0.539. The van der Waals surface area contributed by atoms with Crippen LogP contribution in [-0.2, 0) is 22.4 Å². The van der Waals surface area contributed by atoms with E-state index in [0.29, 0.717) is 36.1 Å². The maximum Gasteiger partial charge on any atom is 0.233 e. The number of aliphatic hydroxyl groups is 4. The van der Waals surface area contributed by atoms with E-state index in [1.807, 2.05) is 0 Å². The highest BCUT2D eigenvalue weighted by Crippen LogP contribution is 2.48. The number of phenolic OH excluding ortho intramolecular Hbond substituents is 1. The smallest absolute Gasteiger partial charge is 0.233 e. The van der Waals surface area contributed by atoms with Crippen molar-refractivity contribution in [3.05, 3.63) is 95.1 Å². The van der Waals surface area contributed by atoms with Gasteiger partial charge in [0, 0.05) is 17.7 Å². The summed E-state index contributed by atoms with van der Waals surface area (Å²) < 4.78 is 32.4. The number of β-lactam (4-membered cyclic amide) rings is 1. The Labute approximate surface area is 236 Å². The molecule has 2 aliphatic rings. The van der Waals surface area contributed by atoms with Crippen molar-refractivity contribution >= 4 is 11.6 Å². The van der Waals surface area contributed by atoms with Gasteiger partial charge in [-0.05, 0) is 72.9 Å². The number of benzene rings is 3. The molecule has 41 heavy (non-hydrogen) atoms. The number of halogens is 2. The molecule has 0 radical (unpaired) electrons. The Balaban J connectivity index is 1.35. The number of hydrogen-bond acceptors (Lipinski definition) is 7. The zero-order valence-corrected chi connectivity index (χ0v) is 22.2. The Morgan fingerprint density at radius 2 is 1.41 bits per heavy atom. The summed E-state index contributed by atoms with van der Waals surface area (Å²) in [7, 11) is 0. The number of amides is 1. The zero-order chi connectivity index (χ0) is 29.3. The molecule has 218 valence electrons. The minimum atomic E-state index is -1.50. The number of aryl methyl sites for hydroxylation is 1. The van der Waals surface area contributed by atoms with Gasteiger partial charge in [-0.25, -0.2) is 8.78 Å². The summed E-state index contributed by atoms with van der Waals surface area (Å²) in [5, 5.41) is 51.1. The maximum atomic E-state index is 13.6. The van der Waals surface area contributed by atoms with E-state index < -0.39 is 54.9 Å². The molecule has 0 saturated carbocycles. The predicted octanol–water partition coefficient (Wildman–Crippen LogP) is 2.78. The fourth-order valence-corrected chi connectivity index (χ4v) is 5.80. The lowest BCUT2D eigenvalue weighted by molar-refractivity contribution is -0.228. The van der Waals surface area contributed by atoms with E-state index >= 15 is 0 Å². The lowest BCUT2D eigenvalue weighted by Crippen LogP contribution is -2.59. The van der Waals surface area contributed by atoms with Crippen molar-refractivity contribution in [3.8, 4) is 5.75 Å². The minimum Gasteiger partial charge on any atom is -0.508 e. The number of rotatable bonds is 9. The van der Waals surface area contributed by atoms with Gasteiger partial charge in [-0.2, -0.15) is 0 Å². The standard InChI is InChI=1S/C31H33F2NO7/c32-19-7-4-17(5-8-19)2-1-3-23-27(34(31(23)40)21-11-9-20(33)10-12-21)22-13-6-18(14-24(22)36)15-25-28(37)30(39)29(38)26(16-35)41-25/h4-14,23,25-30,35-39H,1-3,15-16H2/t23-,25+,26?,27-,28?,29+,30-/m1/s1. The molecular weight excluding hydrogens is 536 g/mol. The van der Waals surface area contributed by atoms with Gasteiger partial charge in [-0.1, -0.05) is 24.3 Å². The molecule has 3 aromatic rings. The molecule has 1 amide bonds. The molecule has 0 bridgehead atoms. The first kappa shape index (κ1) is 29.1. The molecule has 0 spiro atoms.